The van der Waals surface area contributed by atoms with E-state index in [1.165, 1.54) is 18.2 Å². The predicted molar refractivity (Wildman–Crippen MR) is 159 cm³/mol. The van der Waals surface area contributed by atoms with Gasteiger partial charge in [-0.2, -0.15) is 0 Å². The first-order valence-electron chi connectivity index (χ1n) is 11.8. The Bertz CT molecular complexity index is 1530. The molecule has 8 nitrogen and oxygen atoms in total. The van der Waals surface area contributed by atoms with E-state index in [1.54, 1.807) is 37.3 Å². The number of ether oxygens (including phenoxy) is 2. The number of halogens is 3. The van der Waals surface area contributed by atoms with Crippen molar-refractivity contribution >= 4 is 85.7 Å². The van der Waals surface area contributed by atoms with Crippen molar-refractivity contribution in [2.75, 3.05) is 18.5 Å². The van der Waals surface area contributed by atoms with Gasteiger partial charge in [0.15, 0.2) is 0 Å². The number of anilines is 1. The number of hydrogen-bond acceptors (Lipinski definition) is 7. The highest BCUT2D eigenvalue weighted by Crippen LogP contribution is 2.34. The van der Waals surface area contributed by atoms with Crippen LogP contribution in [0.25, 0.3) is 6.08 Å². The number of hydrogen-bond donors (Lipinski definition) is 1. The Balaban J connectivity index is 1.40. The molecule has 3 aromatic carbocycles. The minimum absolute atomic E-state index is 0.0851. The summed E-state index contributed by atoms with van der Waals surface area (Å²) in [5.74, 6) is -1.27. The molecule has 0 aromatic heterocycles. The first-order chi connectivity index (χ1) is 19.2. The summed E-state index contributed by atoms with van der Waals surface area (Å²) in [7, 11) is 0. The van der Waals surface area contributed by atoms with Gasteiger partial charge in [0, 0.05) is 16.3 Å². The maximum Gasteiger partial charge on any atom is 0.339 e. The average molecular weight is 664 g/mol. The molecule has 40 heavy (non-hydrogen) atoms. The lowest BCUT2D eigenvalue weighted by molar-refractivity contribution is -0.127. The summed E-state index contributed by atoms with van der Waals surface area (Å²) in [5.41, 5.74) is 1.84. The van der Waals surface area contributed by atoms with Crippen LogP contribution in [0.3, 0.4) is 0 Å². The molecule has 0 atom stereocenters. The van der Waals surface area contributed by atoms with Crippen LogP contribution in [0.1, 0.15) is 28.4 Å². The molecule has 4 rings (SSSR count). The van der Waals surface area contributed by atoms with E-state index in [-0.39, 0.29) is 34.4 Å². The fourth-order valence-electron chi connectivity index (χ4n) is 3.59. The van der Waals surface area contributed by atoms with Gasteiger partial charge in [-0.15, -0.1) is 0 Å². The van der Waals surface area contributed by atoms with Crippen molar-refractivity contribution < 1.29 is 28.7 Å². The van der Waals surface area contributed by atoms with Gasteiger partial charge in [-0.1, -0.05) is 47.5 Å². The Morgan fingerprint density at radius 2 is 1.82 bits per heavy atom. The molecule has 0 saturated carbocycles. The van der Waals surface area contributed by atoms with E-state index < -0.39 is 29.6 Å². The molecule has 12 heteroatoms. The smallest absolute Gasteiger partial charge is 0.339 e. The van der Waals surface area contributed by atoms with Gasteiger partial charge < -0.3 is 14.8 Å². The Morgan fingerprint density at radius 3 is 2.55 bits per heavy atom. The maximum atomic E-state index is 12.9. The summed E-state index contributed by atoms with van der Waals surface area (Å²) in [4.78, 5) is 51.2. The number of esters is 1. The van der Waals surface area contributed by atoms with Crippen molar-refractivity contribution in [3.8, 4) is 5.75 Å². The summed E-state index contributed by atoms with van der Waals surface area (Å²) in [6.07, 6.45) is 1.57. The lowest BCUT2D eigenvalue weighted by Crippen LogP contribution is -2.36. The highest BCUT2D eigenvalue weighted by atomic mass is 79.9. The van der Waals surface area contributed by atoms with Crippen molar-refractivity contribution in [2.45, 2.75) is 13.5 Å². The molecule has 1 aliphatic heterocycles. The molecular weight excluding hydrogens is 643 g/mol. The van der Waals surface area contributed by atoms with Crippen LogP contribution in [0.4, 0.5) is 10.5 Å². The Morgan fingerprint density at radius 1 is 1.05 bits per heavy atom. The lowest BCUT2D eigenvalue weighted by Gasteiger charge is -2.13. The van der Waals surface area contributed by atoms with Crippen LogP contribution in [0, 0.1) is 0 Å². The number of nitrogens with zero attached hydrogens (tertiary/aromatic N) is 1. The van der Waals surface area contributed by atoms with Crippen molar-refractivity contribution in [3.05, 3.63) is 96.8 Å². The van der Waals surface area contributed by atoms with E-state index >= 15 is 0 Å². The van der Waals surface area contributed by atoms with Crippen molar-refractivity contribution in [2.24, 2.45) is 0 Å². The number of rotatable bonds is 9. The minimum Gasteiger partial charge on any atom is -0.488 e. The number of carbonyl (C=O) groups excluding carboxylic acids is 4. The second kappa shape index (κ2) is 13.4. The molecule has 0 bridgehead atoms. The monoisotopic (exact) mass is 662 g/mol. The van der Waals surface area contributed by atoms with Gasteiger partial charge in [-0.3, -0.25) is 19.3 Å². The minimum atomic E-state index is -0.633. The quantitative estimate of drug-likeness (QED) is 0.191. The summed E-state index contributed by atoms with van der Waals surface area (Å²) >= 11 is 16.4. The normalized spacial score (nSPS) is 14.0. The molecule has 1 saturated heterocycles. The summed E-state index contributed by atoms with van der Waals surface area (Å²) in [5, 5.41) is 2.77. The number of carbonyl (C=O) groups is 4. The average Bonchev–Trinajstić information content (AvgIpc) is 3.17. The third-order valence-corrected chi connectivity index (χ3v) is 7.74. The largest absolute Gasteiger partial charge is 0.488 e. The third-order valence-electron chi connectivity index (χ3n) is 5.52. The molecule has 3 amide bonds. The molecule has 1 fully saturated rings. The fourth-order valence-corrected chi connectivity index (χ4v) is 5.33. The van der Waals surface area contributed by atoms with Crippen LogP contribution in [-0.4, -0.2) is 41.1 Å². The summed E-state index contributed by atoms with van der Waals surface area (Å²) in [6.45, 7) is 1.60. The van der Waals surface area contributed by atoms with Crippen LogP contribution in [0.2, 0.25) is 10.0 Å². The molecule has 0 unspecified atom stereocenters. The van der Waals surface area contributed by atoms with Crippen LogP contribution in [-0.2, 0) is 20.9 Å². The van der Waals surface area contributed by atoms with Crippen LogP contribution in [0.5, 0.6) is 5.75 Å². The number of thioether (sulfide) groups is 1. The van der Waals surface area contributed by atoms with Crippen LogP contribution >= 0.6 is 50.9 Å². The Labute approximate surface area is 252 Å². The van der Waals surface area contributed by atoms with Gasteiger partial charge >= 0.3 is 5.97 Å². The highest BCUT2D eigenvalue weighted by Gasteiger charge is 2.36. The van der Waals surface area contributed by atoms with Gasteiger partial charge in [0.1, 0.15) is 18.9 Å². The van der Waals surface area contributed by atoms with E-state index in [1.807, 2.05) is 18.2 Å². The van der Waals surface area contributed by atoms with Gasteiger partial charge in [0.05, 0.1) is 26.6 Å². The van der Waals surface area contributed by atoms with Gasteiger partial charge in [0.2, 0.25) is 5.91 Å². The summed E-state index contributed by atoms with van der Waals surface area (Å²) < 4.78 is 11.5. The number of nitrogens with one attached hydrogen (secondary N) is 1. The molecule has 0 spiro atoms. The molecule has 0 aliphatic carbocycles. The molecule has 206 valence electrons. The first kappa shape index (κ1) is 29.7. The molecule has 3 aromatic rings. The molecule has 1 N–H and O–H groups in total. The molecule has 1 heterocycles. The highest BCUT2D eigenvalue weighted by molar-refractivity contribution is 9.10. The third kappa shape index (κ3) is 7.25. The van der Waals surface area contributed by atoms with Crippen molar-refractivity contribution in [3.63, 3.8) is 0 Å². The number of imide groups is 1. The lowest BCUT2D eigenvalue weighted by atomic mass is 10.2. The second-order valence-electron chi connectivity index (χ2n) is 8.30. The van der Waals surface area contributed by atoms with E-state index in [9.17, 15) is 19.2 Å². The van der Waals surface area contributed by atoms with E-state index in [4.69, 9.17) is 32.7 Å². The van der Waals surface area contributed by atoms with E-state index in [0.29, 0.717) is 20.8 Å². The predicted octanol–water partition coefficient (Wildman–Crippen LogP) is 7.19. The van der Waals surface area contributed by atoms with Crippen molar-refractivity contribution in [1.29, 1.82) is 0 Å². The van der Waals surface area contributed by atoms with Gasteiger partial charge in [0.25, 0.3) is 11.1 Å². The zero-order valence-electron chi connectivity index (χ0n) is 20.9. The van der Waals surface area contributed by atoms with Crippen LogP contribution < -0.4 is 10.1 Å². The first-order valence-corrected chi connectivity index (χ1v) is 14.2. The standard InChI is InChI=1S/C28H21BrCl2N2O6S/c1-2-38-27(36)19-13-18(8-9-22(19)31)32-25(34)14-33-26(35)24(40-28(33)37)12-16-7-10-23(20(29)11-16)39-15-17-5-3-4-6-21(17)30/h3-13H,2,14-15H2,1H3,(H,32,34)/b24-12+. The fraction of sp³-hybridized carbons (Fsp3) is 0.143. The number of benzene rings is 3. The molecule has 1 aliphatic rings. The van der Waals surface area contributed by atoms with E-state index in [2.05, 4.69) is 21.2 Å². The van der Waals surface area contributed by atoms with E-state index in [0.717, 1.165) is 22.2 Å². The van der Waals surface area contributed by atoms with Crippen molar-refractivity contribution in [1.82, 2.24) is 4.90 Å². The van der Waals surface area contributed by atoms with Gasteiger partial charge in [-0.25, -0.2) is 4.79 Å². The SMILES string of the molecule is CCOC(=O)c1cc(NC(=O)CN2C(=O)S/C(=C/c3ccc(OCc4ccccc4Cl)c(Br)c3)C2=O)ccc1Cl. The topological polar surface area (TPSA) is 102 Å². The summed E-state index contributed by atoms with van der Waals surface area (Å²) in [6, 6.07) is 16.9. The Hall–Kier alpha value is -3.31. The number of amides is 3. The second-order valence-corrected chi connectivity index (χ2v) is 11.0. The Kier molecular flexibility index (Phi) is 9.91. The molecule has 0 radical (unpaired) electrons. The zero-order chi connectivity index (χ0) is 28.8. The molecular formula is C28H21BrCl2N2O6S. The zero-order valence-corrected chi connectivity index (χ0v) is 24.8. The maximum absolute atomic E-state index is 12.9. The van der Waals surface area contributed by atoms with Crippen LogP contribution in [0.15, 0.2) is 70.0 Å². The van der Waals surface area contributed by atoms with Gasteiger partial charge in [-0.05, 0) is 82.7 Å².